The van der Waals surface area contributed by atoms with Gasteiger partial charge in [0, 0.05) is 23.7 Å². The summed E-state index contributed by atoms with van der Waals surface area (Å²) in [5, 5.41) is 8.52. The molecule has 2 aromatic heterocycles. The molecule has 0 aliphatic carbocycles. The third-order valence-electron chi connectivity index (χ3n) is 3.76. The lowest BCUT2D eigenvalue weighted by molar-refractivity contribution is -0.137. The summed E-state index contributed by atoms with van der Waals surface area (Å²) in [7, 11) is 1.63. The third-order valence-corrected chi connectivity index (χ3v) is 4.64. The van der Waals surface area contributed by atoms with E-state index >= 15 is 0 Å². The smallest absolute Gasteiger partial charge is 0.416 e. The number of alkyl halides is 3. The minimum Gasteiger partial charge on any atom is -0.484 e. The molecule has 1 aromatic carbocycles. The van der Waals surface area contributed by atoms with Gasteiger partial charge in [-0.2, -0.15) is 18.3 Å². The Balaban J connectivity index is 1.74. The van der Waals surface area contributed by atoms with Crippen LogP contribution in [0.5, 0.6) is 5.75 Å². The molecule has 2 heterocycles. The molecule has 5 nitrogen and oxygen atoms in total. The number of halogens is 3. The largest absolute Gasteiger partial charge is 0.484 e. The fourth-order valence-corrected chi connectivity index (χ4v) is 3.09. The number of ether oxygens (including phenoxy) is 1. The molecule has 3 aromatic rings. The number of carbonyl (C=O) groups is 1. The number of thiophene rings is 1. The summed E-state index contributed by atoms with van der Waals surface area (Å²) in [5.74, 6) is -0.449. The SMILES string of the molecule is Cn1nccc1-c1cc(OCC(=O)NCc2cccs2)cc(C(F)(F)F)c1. The lowest BCUT2D eigenvalue weighted by Gasteiger charge is -2.13. The molecule has 142 valence electrons. The van der Waals surface area contributed by atoms with E-state index in [9.17, 15) is 18.0 Å². The van der Waals surface area contributed by atoms with Crippen LogP contribution in [0.25, 0.3) is 11.3 Å². The number of rotatable bonds is 6. The second-order valence-electron chi connectivity index (χ2n) is 5.73. The maximum Gasteiger partial charge on any atom is 0.416 e. The van der Waals surface area contributed by atoms with Crippen LogP contribution >= 0.6 is 11.3 Å². The molecule has 0 spiro atoms. The summed E-state index contributed by atoms with van der Waals surface area (Å²) in [4.78, 5) is 12.9. The molecule has 0 saturated carbocycles. The number of nitrogens with one attached hydrogen (secondary N) is 1. The summed E-state index contributed by atoms with van der Waals surface area (Å²) >= 11 is 1.50. The summed E-state index contributed by atoms with van der Waals surface area (Å²) < 4.78 is 46.4. The highest BCUT2D eigenvalue weighted by Gasteiger charge is 2.31. The van der Waals surface area contributed by atoms with Crippen molar-refractivity contribution >= 4 is 17.2 Å². The molecule has 0 radical (unpaired) electrons. The van der Waals surface area contributed by atoms with Crippen LogP contribution in [0.15, 0.2) is 48.0 Å². The Morgan fingerprint density at radius 2 is 2.11 bits per heavy atom. The van der Waals surface area contributed by atoms with E-state index in [0.29, 0.717) is 17.8 Å². The van der Waals surface area contributed by atoms with Crippen LogP contribution in [0.2, 0.25) is 0 Å². The van der Waals surface area contributed by atoms with Crippen molar-refractivity contribution in [1.82, 2.24) is 15.1 Å². The van der Waals surface area contributed by atoms with Gasteiger partial charge in [0.15, 0.2) is 6.61 Å². The average molecular weight is 395 g/mol. The number of aryl methyl sites for hydroxylation is 1. The quantitative estimate of drug-likeness (QED) is 0.690. The molecule has 3 rings (SSSR count). The van der Waals surface area contributed by atoms with Crippen LogP contribution in [0.3, 0.4) is 0 Å². The second kappa shape index (κ2) is 7.83. The van der Waals surface area contributed by atoms with Crippen LogP contribution in [0.1, 0.15) is 10.4 Å². The van der Waals surface area contributed by atoms with Gasteiger partial charge in [-0.25, -0.2) is 0 Å². The molecule has 0 aliphatic heterocycles. The van der Waals surface area contributed by atoms with Crippen molar-refractivity contribution in [3.63, 3.8) is 0 Å². The van der Waals surface area contributed by atoms with Gasteiger partial charge in [0.05, 0.1) is 17.8 Å². The van der Waals surface area contributed by atoms with E-state index in [1.807, 2.05) is 17.5 Å². The molecule has 0 saturated heterocycles. The van der Waals surface area contributed by atoms with E-state index in [0.717, 1.165) is 17.0 Å². The first kappa shape index (κ1) is 19.0. The first-order chi connectivity index (χ1) is 12.8. The average Bonchev–Trinajstić information content (AvgIpc) is 3.28. The molecule has 9 heteroatoms. The zero-order chi connectivity index (χ0) is 19.4. The molecular weight excluding hydrogens is 379 g/mol. The van der Waals surface area contributed by atoms with Crippen molar-refractivity contribution in [2.45, 2.75) is 12.7 Å². The monoisotopic (exact) mass is 395 g/mol. The van der Waals surface area contributed by atoms with Crippen LogP contribution in [0.4, 0.5) is 13.2 Å². The van der Waals surface area contributed by atoms with E-state index in [1.54, 1.807) is 13.1 Å². The van der Waals surface area contributed by atoms with Gasteiger partial charge < -0.3 is 10.1 Å². The predicted octanol–water partition coefficient (Wildman–Crippen LogP) is 3.86. The van der Waals surface area contributed by atoms with E-state index in [1.165, 1.54) is 28.3 Å². The minimum absolute atomic E-state index is 0.0349. The van der Waals surface area contributed by atoms with Crippen LogP contribution < -0.4 is 10.1 Å². The minimum atomic E-state index is -4.53. The van der Waals surface area contributed by atoms with Gasteiger partial charge >= 0.3 is 6.18 Å². The van der Waals surface area contributed by atoms with Crippen LogP contribution in [0, 0.1) is 0 Å². The highest BCUT2D eigenvalue weighted by molar-refractivity contribution is 7.09. The summed E-state index contributed by atoms with van der Waals surface area (Å²) in [6.07, 6.45) is -3.04. The lowest BCUT2D eigenvalue weighted by Crippen LogP contribution is -2.28. The number of carbonyl (C=O) groups excluding carboxylic acids is 1. The van der Waals surface area contributed by atoms with Crippen LogP contribution in [-0.2, 0) is 24.6 Å². The molecule has 0 bridgehead atoms. The Morgan fingerprint density at radius 1 is 1.30 bits per heavy atom. The van der Waals surface area contributed by atoms with Crippen molar-refractivity contribution in [2.24, 2.45) is 7.05 Å². The normalized spacial score (nSPS) is 11.4. The molecule has 0 fully saturated rings. The first-order valence-corrected chi connectivity index (χ1v) is 8.83. The zero-order valence-corrected chi connectivity index (χ0v) is 15.1. The number of benzene rings is 1. The summed E-state index contributed by atoms with van der Waals surface area (Å²) in [6.45, 7) is -0.0275. The Kier molecular flexibility index (Phi) is 5.50. The molecule has 0 atom stereocenters. The van der Waals surface area contributed by atoms with Gasteiger partial charge in [0.1, 0.15) is 5.75 Å². The topological polar surface area (TPSA) is 56.2 Å². The van der Waals surface area contributed by atoms with Crippen molar-refractivity contribution in [3.05, 3.63) is 58.4 Å². The van der Waals surface area contributed by atoms with Gasteiger partial charge in [0.25, 0.3) is 5.91 Å². The first-order valence-electron chi connectivity index (χ1n) is 7.95. The number of hydrogen-bond acceptors (Lipinski definition) is 4. The molecule has 27 heavy (non-hydrogen) atoms. The molecule has 1 N–H and O–H groups in total. The van der Waals surface area contributed by atoms with Crippen molar-refractivity contribution in [1.29, 1.82) is 0 Å². The fourth-order valence-electron chi connectivity index (χ4n) is 2.45. The highest BCUT2D eigenvalue weighted by atomic mass is 32.1. The van der Waals surface area contributed by atoms with Crippen molar-refractivity contribution in [2.75, 3.05) is 6.61 Å². The summed E-state index contributed by atoms with van der Waals surface area (Å²) in [6, 6.07) is 8.71. The van der Waals surface area contributed by atoms with E-state index in [2.05, 4.69) is 10.4 Å². The Morgan fingerprint density at radius 3 is 2.74 bits per heavy atom. The Bertz CT molecular complexity index is 920. The molecule has 0 aliphatic rings. The lowest BCUT2D eigenvalue weighted by atomic mass is 10.1. The zero-order valence-electron chi connectivity index (χ0n) is 14.3. The molecular formula is C18H16F3N3O2S. The highest BCUT2D eigenvalue weighted by Crippen LogP contribution is 2.35. The number of hydrogen-bond donors (Lipinski definition) is 1. The Labute approximate surface area is 157 Å². The van der Waals surface area contributed by atoms with Gasteiger partial charge in [-0.05, 0) is 35.7 Å². The standard InChI is InChI=1S/C18H16F3N3O2S/c1-24-16(4-5-23-24)12-7-13(18(19,20)21)9-14(8-12)26-11-17(25)22-10-15-3-2-6-27-15/h2-9H,10-11H2,1H3,(H,22,25). The number of nitrogens with zero attached hydrogens (tertiary/aromatic N) is 2. The number of aromatic nitrogens is 2. The van der Waals surface area contributed by atoms with E-state index in [4.69, 9.17) is 4.74 Å². The van der Waals surface area contributed by atoms with Crippen molar-refractivity contribution < 1.29 is 22.7 Å². The molecule has 1 amide bonds. The molecule has 0 unspecified atom stereocenters. The third kappa shape index (κ3) is 4.88. The van der Waals surface area contributed by atoms with Gasteiger partial charge in [0.2, 0.25) is 0 Å². The Hall–Kier alpha value is -2.81. The van der Waals surface area contributed by atoms with Gasteiger partial charge in [-0.3, -0.25) is 9.48 Å². The second-order valence-corrected chi connectivity index (χ2v) is 6.76. The number of amides is 1. The fraction of sp³-hybridized carbons (Fsp3) is 0.222. The van der Waals surface area contributed by atoms with Crippen LogP contribution in [-0.4, -0.2) is 22.3 Å². The van der Waals surface area contributed by atoms with E-state index < -0.39 is 17.6 Å². The van der Waals surface area contributed by atoms with Crippen molar-refractivity contribution in [3.8, 4) is 17.0 Å². The maximum absolute atomic E-state index is 13.2. The predicted molar refractivity (Wildman–Crippen MR) is 95.3 cm³/mol. The van der Waals surface area contributed by atoms with Gasteiger partial charge in [-0.15, -0.1) is 11.3 Å². The maximum atomic E-state index is 13.2. The summed E-state index contributed by atoms with van der Waals surface area (Å²) in [5.41, 5.74) is -0.0397. The van der Waals surface area contributed by atoms with Gasteiger partial charge in [-0.1, -0.05) is 6.07 Å². The van der Waals surface area contributed by atoms with E-state index in [-0.39, 0.29) is 12.4 Å².